The number of amides is 1. The number of nitrogens with two attached hydrogens (primary N) is 1. The first kappa shape index (κ1) is 12.7. The average Bonchev–Trinajstić information content (AvgIpc) is 2.32. The van der Waals surface area contributed by atoms with Crippen LogP contribution in [-0.4, -0.2) is 53.5 Å². The summed E-state index contributed by atoms with van der Waals surface area (Å²) >= 11 is 0. The molecule has 18 heavy (non-hydrogen) atoms. The summed E-state index contributed by atoms with van der Waals surface area (Å²) in [5.74, 6) is -0.269. The molecule has 1 aliphatic heterocycles. The van der Waals surface area contributed by atoms with Gasteiger partial charge in [0.25, 0.3) is 5.91 Å². The fourth-order valence-electron chi connectivity index (χ4n) is 2.33. The van der Waals surface area contributed by atoms with Gasteiger partial charge in [0.05, 0.1) is 11.3 Å². The largest absolute Gasteiger partial charge is 0.505 e. The third kappa shape index (κ3) is 2.26. The van der Waals surface area contributed by atoms with Crippen molar-refractivity contribution in [1.82, 2.24) is 9.80 Å². The van der Waals surface area contributed by atoms with Crippen molar-refractivity contribution in [3.05, 3.63) is 23.8 Å². The van der Waals surface area contributed by atoms with Gasteiger partial charge in [-0.1, -0.05) is 6.07 Å². The lowest BCUT2D eigenvalue weighted by atomic mass is 10.1. The van der Waals surface area contributed by atoms with Crippen molar-refractivity contribution in [2.45, 2.75) is 13.0 Å². The summed E-state index contributed by atoms with van der Waals surface area (Å²) < 4.78 is 0. The van der Waals surface area contributed by atoms with Gasteiger partial charge in [-0.25, -0.2) is 0 Å². The van der Waals surface area contributed by atoms with E-state index in [1.165, 1.54) is 0 Å². The van der Waals surface area contributed by atoms with E-state index in [0.29, 0.717) is 6.54 Å². The molecule has 1 amide bonds. The van der Waals surface area contributed by atoms with Gasteiger partial charge < -0.3 is 20.6 Å². The summed E-state index contributed by atoms with van der Waals surface area (Å²) in [4.78, 5) is 16.4. The molecule has 0 radical (unpaired) electrons. The lowest BCUT2D eigenvalue weighted by Gasteiger charge is -2.38. The van der Waals surface area contributed by atoms with Crippen LogP contribution in [0.2, 0.25) is 0 Å². The number of rotatable bonds is 1. The summed E-state index contributed by atoms with van der Waals surface area (Å²) in [6.45, 7) is 4.37. The molecule has 1 heterocycles. The molecule has 1 saturated heterocycles. The second-order valence-corrected chi connectivity index (χ2v) is 4.85. The molecular formula is C13H19N3O2. The molecular weight excluding hydrogens is 230 g/mol. The molecule has 1 aliphatic rings. The predicted octanol–water partition coefficient (Wildman–Crippen LogP) is 0.750. The number of aromatic hydroxyl groups is 1. The van der Waals surface area contributed by atoms with Crippen LogP contribution in [0.25, 0.3) is 0 Å². The highest BCUT2D eigenvalue weighted by atomic mass is 16.3. The molecule has 1 aromatic carbocycles. The summed E-state index contributed by atoms with van der Waals surface area (Å²) in [6, 6.07) is 5.01. The fourth-order valence-corrected chi connectivity index (χ4v) is 2.33. The van der Waals surface area contributed by atoms with E-state index in [2.05, 4.69) is 4.90 Å². The molecule has 1 atom stereocenters. The number of likely N-dealkylation sites (N-methyl/N-ethyl adjacent to an activating group) is 1. The fraction of sp³-hybridized carbons (Fsp3) is 0.462. The molecule has 5 heteroatoms. The maximum atomic E-state index is 12.4. The number of carbonyl (C=O) groups is 1. The third-order valence-corrected chi connectivity index (χ3v) is 3.39. The number of para-hydroxylation sites is 1. The van der Waals surface area contributed by atoms with Crippen molar-refractivity contribution in [3.63, 3.8) is 0 Å². The third-order valence-electron chi connectivity index (χ3n) is 3.39. The first-order valence-corrected chi connectivity index (χ1v) is 6.07. The summed E-state index contributed by atoms with van der Waals surface area (Å²) in [7, 11) is 2.04. The summed E-state index contributed by atoms with van der Waals surface area (Å²) in [5.41, 5.74) is 6.14. The number of nitrogen functional groups attached to an aromatic ring is 1. The lowest BCUT2D eigenvalue weighted by molar-refractivity contribution is 0.0531. The van der Waals surface area contributed by atoms with Crippen molar-refractivity contribution in [2.75, 3.05) is 32.4 Å². The predicted molar refractivity (Wildman–Crippen MR) is 70.5 cm³/mol. The number of benzene rings is 1. The minimum absolute atomic E-state index is 0.117. The zero-order chi connectivity index (χ0) is 13.3. The van der Waals surface area contributed by atoms with Crippen molar-refractivity contribution >= 4 is 11.6 Å². The lowest BCUT2D eigenvalue weighted by Crippen LogP contribution is -2.52. The zero-order valence-electron chi connectivity index (χ0n) is 10.8. The molecule has 0 spiro atoms. The van der Waals surface area contributed by atoms with E-state index in [9.17, 15) is 9.90 Å². The molecule has 0 saturated carbocycles. The Morgan fingerprint density at radius 1 is 1.44 bits per heavy atom. The van der Waals surface area contributed by atoms with E-state index >= 15 is 0 Å². The van der Waals surface area contributed by atoms with Gasteiger partial charge in [0.1, 0.15) is 0 Å². The van der Waals surface area contributed by atoms with Crippen molar-refractivity contribution in [2.24, 2.45) is 0 Å². The van der Waals surface area contributed by atoms with E-state index in [-0.39, 0.29) is 28.9 Å². The van der Waals surface area contributed by atoms with Crippen LogP contribution in [-0.2, 0) is 0 Å². The van der Waals surface area contributed by atoms with Gasteiger partial charge in [-0.15, -0.1) is 0 Å². The first-order valence-electron chi connectivity index (χ1n) is 6.07. The van der Waals surface area contributed by atoms with Gasteiger partial charge in [-0.3, -0.25) is 4.79 Å². The maximum absolute atomic E-state index is 12.4. The molecule has 0 bridgehead atoms. The number of nitrogens with zero attached hydrogens (tertiary/aromatic N) is 2. The number of hydrogen-bond donors (Lipinski definition) is 2. The van der Waals surface area contributed by atoms with E-state index in [1.807, 2.05) is 14.0 Å². The highest BCUT2D eigenvalue weighted by Gasteiger charge is 2.28. The first-order chi connectivity index (χ1) is 8.50. The Morgan fingerprint density at radius 3 is 2.83 bits per heavy atom. The Balaban J connectivity index is 2.23. The Hall–Kier alpha value is -1.75. The van der Waals surface area contributed by atoms with Crippen LogP contribution in [0.3, 0.4) is 0 Å². The van der Waals surface area contributed by atoms with E-state index in [4.69, 9.17) is 5.73 Å². The number of anilines is 1. The Kier molecular flexibility index (Phi) is 3.43. The molecule has 1 fully saturated rings. The number of phenolic OH excluding ortho intramolecular Hbond substituents is 1. The monoisotopic (exact) mass is 249 g/mol. The Morgan fingerprint density at radius 2 is 2.17 bits per heavy atom. The Bertz CT molecular complexity index is 462. The van der Waals surface area contributed by atoms with Crippen molar-refractivity contribution in [1.29, 1.82) is 0 Å². The van der Waals surface area contributed by atoms with Gasteiger partial charge >= 0.3 is 0 Å². The number of carbonyl (C=O) groups excluding carboxylic acids is 1. The van der Waals surface area contributed by atoms with Crippen LogP contribution in [0, 0.1) is 0 Å². The number of hydrogen-bond acceptors (Lipinski definition) is 4. The van der Waals surface area contributed by atoms with E-state index in [1.54, 1.807) is 23.1 Å². The topological polar surface area (TPSA) is 69.8 Å². The smallest absolute Gasteiger partial charge is 0.258 e. The Labute approximate surface area is 107 Å². The minimum Gasteiger partial charge on any atom is -0.505 e. The molecule has 1 aromatic rings. The van der Waals surface area contributed by atoms with Crippen LogP contribution in [0.1, 0.15) is 17.3 Å². The number of phenols is 1. The molecule has 98 valence electrons. The van der Waals surface area contributed by atoms with E-state index in [0.717, 1.165) is 13.1 Å². The highest BCUT2D eigenvalue weighted by molar-refractivity contribution is 5.98. The molecule has 2 rings (SSSR count). The normalized spacial score (nSPS) is 21.0. The highest BCUT2D eigenvalue weighted by Crippen LogP contribution is 2.26. The van der Waals surface area contributed by atoms with Crippen LogP contribution in [0.5, 0.6) is 5.75 Å². The van der Waals surface area contributed by atoms with Gasteiger partial charge in [0.15, 0.2) is 5.75 Å². The summed E-state index contributed by atoms with van der Waals surface area (Å²) in [5, 5.41) is 9.85. The van der Waals surface area contributed by atoms with Gasteiger partial charge in [-0.05, 0) is 26.1 Å². The van der Waals surface area contributed by atoms with Gasteiger partial charge in [-0.2, -0.15) is 0 Å². The zero-order valence-corrected chi connectivity index (χ0v) is 10.8. The molecule has 0 aromatic heterocycles. The molecule has 1 unspecified atom stereocenters. The number of piperazine rings is 1. The van der Waals surface area contributed by atoms with Crippen LogP contribution < -0.4 is 5.73 Å². The van der Waals surface area contributed by atoms with Crippen LogP contribution in [0.4, 0.5) is 5.69 Å². The second-order valence-electron chi connectivity index (χ2n) is 4.85. The maximum Gasteiger partial charge on any atom is 0.258 e. The van der Waals surface area contributed by atoms with Crippen molar-refractivity contribution < 1.29 is 9.90 Å². The molecule has 0 aliphatic carbocycles. The second kappa shape index (κ2) is 4.86. The minimum atomic E-state index is -0.152. The quantitative estimate of drug-likeness (QED) is 0.569. The summed E-state index contributed by atoms with van der Waals surface area (Å²) in [6.07, 6.45) is 0. The van der Waals surface area contributed by atoms with Crippen molar-refractivity contribution in [3.8, 4) is 5.75 Å². The van der Waals surface area contributed by atoms with Crippen LogP contribution in [0.15, 0.2) is 18.2 Å². The van der Waals surface area contributed by atoms with Crippen LogP contribution >= 0.6 is 0 Å². The van der Waals surface area contributed by atoms with E-state index < -0.39 is 0 Å². The average molecular weight is 249 g/mol. The van der Waals surface area contributed by atoms with Gasteiger partial charge in [0, 0.05) is 25.7 Å². The SMILES string of the molecule is CC1CN(C)CCN1C(=O)c1cccc(N)c1O. The standard InChI is InChI=1S/C13H19N3O2/c1-9-8-15(2)6-7-16(9)13(18)10-4-3-5-11(14)12(10)17/h3-5,9,17H,6-8,14H2,1-2H3. The molecule has 5 nitrogen and oxygen atoms in total. The van der Waals surface area contributed by atoms with Gasteiger partial charge in [0.2, 0.25) is 0 Å². The molecule has 3 N–H and O–H groups in total.